The van der Waals surface area contributed by atoms with Gasteiger partial charge in [0.05, 0.1) is 19.2 Å². The smallest absolute Gasteiger partial charge is 0.349 e. The van der Waals surface area contributed by atoms with Crippen LogP contribution in [0.4, 0.5) is 5.13 Å². The highest BCUT2D eigenvalue weighted by molar-refractivity contribution is 7.17. The number of thiazole rings is 1. The third-order valence-electron chi connectivity index (χ3n) is 3.05. The highest BCUT2D eigenvalue weighted by Crippen LogP contribution is 2.24. The van der Waals surface area contributed by atoms with Crippen molar-refractivity contribution in [3.63, 3.8) is 0 Å². The summed E-state index contributed by atoms with van der Waals surface area (Å²) in [6, 6.07) is 9.58. The monoisotopic (exact) mass is 304 g/mol. The van der Waals surface area contributed by atoms with Crippen molar-refractivity contribution in [1.29, 1.82) is 0 Å². The standard InChI is InChI=1S/C15H16N2O3S/c1-3-11(10-7-5-4-6-8-10)13(18)17-15-16-9-12(21-15)14(19)20-2/h4-9,11H,3H2,1-2H3,(H,16,17,18)/t11-/m1/s1. The Morgan fingerprint density at radius 1 is 1.33 bits per heavy atom. The molecule has 0 radical (unpaired) electrons. The summed E-state index contributed by atoms with van der Waals surface area (Å²) in [6.07, 6.45) is 2.08. The molecule has 0 saturated carbocycles. The van der Waals surface area contributed by atoms with Gasteiger partial charge in [0.2, 0.25) is 5.91 Å². The molecule has 2 aromatic rings. The maximum absolute atomic E-state index is 12.3. The Bertz CT molecular complexity index is 625. The minimum absolute atomic E-state index is 0.130. The minimum atomic E-state index is -0.455. The number of anilines is 1. The van der Waals surface area contributed by atoms with Crippen molar-refractivity contribution < 1.29 is 14.3 Å². The molecule has 0 saturated heterocycles. The van der Waals surface area contributed by atoms with Crippen LogP contribution in [0.3, 0.4) is 0 Å². The van der Waals surface area contributed by atoms with Crippen molar-refractivity contribution >= 4 is 28.3 Å². The molecular weight excluding hydrogens is 288 g/mol. The summed E-state index contributed by atoms with van der Waals surface area (Å²) < 4.78 is 4.61. The molecule has 0 aliphatic carbocycles. The van der Waals surface area contributed by atoms with Gasteiger partial charge in [-0.05, 0) is 12.0 Å². The number of carbonyl (C=O) groups excluding carboxylic acids is 2. The van der Waals surface area contributed by atoms with E-state index < -0.39 is 5.97 Å². The molecule has 0 fully saturated rings. The van der Waals surface area contributed by atoms with Gasteiger partial charge in [0.25, 0.3) is 0 Å². The van der Waals surface area contributed by atoms with Gasteiger partial charge in [-0.25, -0.2) is 9.78 Å². The summed E-state index contributed by atoms with van der Waals surface area (Å²) in [6.45, 7) is 1.96. The largest absolute Gasteiger partial charge is 0.465 e. The average molecular weight is 304 g/mol. The first-order valence-electron chi connectivity index (χ1n) is 6.55. The number of methoxy groups -OCH3 is 1. The SMILES string of the molecule is CC[C@@H](C(=O)Nc1ncc(C(=O)OC)s1)c1ccccc1. The van der Waals surface area contributed by atoms with Gasteiger partial charge in [0.1, 0.15) is 4.88 Å². The van der Waals surface area contributed by atoms with Crippen LogP contribution >= 0.6 is 11.3 Å². The Morgan fingerprint density at radius 3 is 2.67 bits per heavy atom. The topological polar surface area (TPSA) is 68.3 Å². The number of hydrogen-bond acceptors (Lipinski definition) is 5. The molecule has 6 heteroatoms. The van der Waals surface area contributed by atoms with E-state index in [9.17, 15) is 9.59 Å². The van der Waals surface area contributed by atoms with Gasteiger partial charge in [0, 0.05) is 0 Å². The second kappa shape index (κ2) is 6.99. The van der Waals surface area contributed by atoms with E-state index in [1.165, 1.54) is 13.3 Å². The molecule has 21 heavy (non-hydrogen) atoms. The van der Waals surface area contributed by atoms with Crippen molar-refractivity contribution in [3.8, 4) is 0 Å². The summed E-state index contributed by atoms with van der Waals surface area (Å²) in [5.41, 5.74) is 0.960. The number of ether oxygens (including phenoxy) is 1. The molecule has 110 valence electrons. The maximum Gasteiger partial charge on any atom is 0.349 e. The van der Waals surface area contributed by atoms with Crippen LogP contribution in [-0.2, 0) is 9.53 Å². The highest BCUT2D eigenvalue weighted by atomic mass is 32.1. The van der Waals surface area contributed by atoms with Gasteiger partial charge < -0.3 is 10.1 Å². The Balaban J connectivity index is 2.09. The van der Waals surface area contributed by atoms with Gasteiger partial charge in [-0.1, -0.05) is 48.6 Å². The first kappa shape index (κ1) is 15.2. The zero-order chi connectivity index (χ0) is 15.2. The summed E-state index contributed by atoms with van der Waals surface area (Å²) in [5, 5.41) is 3.15. The van der Waals surface area contributed by atoms with Crippen molar-refractivity contribution in [2.75, 3.05) is 12.4 Å². The summed E-state index contributed by atoms with van der Waals surface area (Å²) in [5.74, 6) is -0.825. The van der Waals surface area contributed by atoms with E-state index in [1.807, 2.05) is 37.3 Å². The molecule has 1 heterocycles. The van der Waals surface area contributed by atoms with Gasteiger partial charge in [-0.15, -0.1) is 0 Å². The van der Waals surface area contributed by atoms with E-state index in [0.29, 0.717) is 16.4 Å². The molecule has 0 aliphatic rings. The van der Waals surface area contributed by atoms with Crippen LogP contribution in [-0.4, -0.2) is 24.0 Å². The number of carbonyl (C=O) groups is 2. The predicted molar refractivity (Wildman–Crippen MR) is 81.6 cm³/mol. The van der Waals surface area contributed by atoms with Crippen LogP contribution in [0, 0.1) is 0 Å². The van der Waals surface area contributed by atoms with Crippen LogP contribution < -0.4 is 5.32 Å². The molecule has 0 aliphatic heterocycles. The molecular formula is C15H16N2O3S. The minimum Gasteiger partial charge on any atom is -0.465 e. The van der Waals surface area contributed by atoms with Gasteiger partial charge in [-0.3, -0.25) is 4.79 Å². The van der Waals surface area contributed by atoms with Crippen molar-refractivity contribution in [2.24, 2.45) is 0 Å². The molecule has 1 aromatic carbocycles. The lowest BCUT2D eigenvalue weighted by atomic mass is 9.96. The van der Waals surface area contributed by atoms with Gasteiger partial charge in [-0.2, -0.15) is 0 Å². The van der Waals surface area contributed by atoms with Crippen LogP contribution in [0.1, 0.15) is 34.5 Å². The summed E-state index contributed by atoms with van der Waals surface area (Å²) in [4.78, 5) is 28.1. The van der Waals surface area contributed by atoms with E-state index in [2.05, 4.69) is 15.0 Å². The Labute approximate surface area is 127 Å². The van der Waals surface area contributed by atoms with Crippen molar-refractivity contribution in [2.45, 2.75) is 19.3 Å². The molecule has 0 unspecified atom stereocenters. The van der Waals surface area contributed by atoms with Crippen LogP contribution in [0.5, 0.6) is 0 Å². The number of hydrogen-bond donors (Lipinski definition) is 1. The molecule has 2 rings (SSSR count). The Morgan fingerprint density at radius 2 is 2.05 bits per heavy atom. The first-order valence-corrected chi connectivity index (χ1v) is 7.37. The fraction of sp³-hybridized carbons (Fsp3) is 0.267. The van der Waals surface area contributed by atoms with E-state index in [4.69, 9.17) is 0 Å². The second-order valence-electron chi connectivity index (χ2n) is 4.38. The Kier molecular flexibility index (Phi) is 5.05. The first-order chi connectivity index (χ1) is 10.2. The van der Waals surface area contributed by atoms with E-state index in [-0.39, 0.29) is 11.8 Å². The van der Waals surface area contributed by atoms with Gasteiger partial charge >= 0.3 is 5.97 Å². The van der Waals surface area contributed by atoms with E-state index in [0.717, 1.165) is 16.9 Å². The fourth-order valence-electron chi connectivity index (χ4n) is 1.98. The molecule has 0 bridgehead atoms. The number of nitrogens with one attached hydrogen (secondary N) is 1. The molecule has 5 nitrogen and oxygen atoms in total. The zero-order valence-corrected chi connectivity index (χ0v) is 12.6. The Hall–Kier alpha value is -2.21. The molecule has 1 N–H and O–H groups in total. The number of benzene rings is 1. The number of nitrogens with zero attached hydrogens (tertiary/aromatic N) is 1. The summed E-state index contributed by atoms with van der Waals surface area (Å²) >= 11 is 1.10. The van der Waals surface area contributed by atoms with E-state index >= 15 is 0 Å². The number of aromatic nitrogens is 1. The third-order valence-corrected chi connectivity index (χ3v) is 3.94. The fourth-order valence-corrected chi connectivity index (χ4v) is 2.71. The average Bonchev–Trinajstić information content (AvgIpc) is 2.96. The number of amides is 1. The molecule has 1 aromatic heterocycles. The lowest BCUT2D eigenvalue weighted by Gasteiger charge is -2.13. The quantitative estimate of drug-likeness (QED) is 0.862. The molecule has 1 atom stereocenters. The summed E-state index contributed by atoms with van der Waals surface area (Å²) in [7, 11) is 1.31. The lowest BCUT2D eigenvalue weighted by molar-refractivity contribution is -0.117. The molecule has 1 amide bonds. The molecule has 0 spiro atoms. The number of rotatable bonds is 5. The van der Waals surface area contributed by atoms with Crippen LogP contribution in [0.2, 0.25) is 0 Å². The highest BCUT2D eigenvalue weighted by Gasteiger charge is 2.20. The van der Waals surface area contributed by atoms with Gasteiger partial charge in [0.15, 0.2) is 5.13 Å². The lowest BCUT2D eigenvalue weighted by Crippen LogP contribution is -2.20. The zero-order valence-electron chi connectivity index (χ0n) is 11.8. The second-order valence-corrected chi connectivity index (χ2v) is 5.41. The predicted octanol–water partition coefficient (Wildman–Crippen LogP) is 3.06. The van der Waals surface area contributed by atoms with Crippen molar-refractivity contribution in [3.05, 3.63) is 47.0 Å². The van der Waals surface area contributed by atoms with Crippen LogP contribution in [0.15, 0.2) is 36.5 Å². The van der Waals surface area contributed by atoms with Crippen molar-refractivity contribution in [1.82, 2.24) is 4.98 Å². The van der Waals surface area contributed by atoms with Crippen LogP contribution in [0.25, 0.3) is 0 Å². The van der Waals surface area contributed by atoms with E-state index in [1.54, 1.807) is 0 Å². The normalized spacial score (nSPS) is 11.7. The third kappa shape index (κ3) is 3.66. The maximum atomic E-state index is 12.3. The number of esters is 1.